The summed E-state index contributed by atoms with van der Waals surface area (Å²) in [5.74, 6) is -1.62. The van der Waals surface area contributed by atoms with E-state index in [1.165, 1.54) is 11.8 Å². The highest BCUT2D eigenvalue weighted by atomic mass is 35.5. The number of thioether (sulfide) groups is 1. The summed E-state index contributed by atoms with van der Waals surface area (Å²) >= 11 is 7.40. The fourth-order valence-electron chi connectivity index (χ4n) is 2.33. The molecule has 2 aromatic carbocycles. The third-order valence-electron chi connectivity index (χ3n) is 3.24. The highest BCUT2D eigenvalue weighted by Crippen LogP contribution is 2.47. The van der Waals surface area contributed by atoms with Crippen molar-refractivity contribution in [1.29, 1.82) is 0 Å². The first-order chi connectivity index (χ1) is 9.58. The topological polar surface area (TPSA) is 43.7 Å². The van der Waals surface area contributed by atoms with Crippen LogP contribution in [-0.4, -0.2) is 21.9 Å². The minimum atomic E-state index is -1.85. The summed E-state index contributed by atoms with van der Waals surface area (Å²) in [6.07, 6.45) is 0. The van der Waals surface area contributed by atoms with Crippen molar-refractivity contribution in [3.63, 3.8) is 0 Å². The van der Waals surface area contributed by atoms with Gasteiger partial charge in [0, 0.05) is 10.7 Å². The van der Waals surface area contributed by atoms with Crippen molar-refractivity contribution in [3.8, 4) is 0 Å². The van der Waals surface area contributed by atoms with Gasteiger partial charge in [-0.15, -0.1) is 11.8 Å². The second-order valence-electron chi connectivity index (χ2n) is 4.69. The highest BCUT2D eigenvalue weighted by molar-refractivity contribution is 8.00. The van der Waals surface area contributed by atoms with Gasteiger partial charge in [0.2, 0.25) is 0 Å². The summed E-state index contributed by atoms with van der Waals surface area (Å²) in [4.78, 5) is 1.63. The van der Waals surface area contributed by atoms with Gasteiger partial charge in [-0.05, 0) is 29.8 Å². The lowest BCUT2D eigenvalue weighted by molar-refractivity contribution is -0.136. The summed E-state index contributed by atoms with van der Waals surface area (Å²) < 4.78 is 0. The summed E-state index contributed by atoms with van der Waals surface area (Å²) in [6, 6.07) is 16.9. The molecule has 1 aliphatic heterocycles. The Hall–Kier alpha value is -1.20. The van der Waals surface area contributed by atoms with Crippen LogP contribution in [0.25, 0.3) is 0 Å². The second-order valence-corrected chi connectivity index (χ2v) is 6.20. The van der Waals surface area contributed by atoms with Gasteiger partial charge in [0.15, 0.2) is 0 Å². The molecule has 0 saturated carbocycles. The largest absolute Gasteiger partial charge is 0.348 e. The zero-order valence-corrected chi connectivity index (χ0v) is 12.2. The molecule has 2 aromatic rings. The smallest absolute Gasteiger partial charge is 0.257 e. The van der Waals surface area contributed by atoms with Crippen LogP contribution in [0.4, 0.5) is 5.69 Å². The van der Waals surface area contributed by atoms with E-state index in [1.54, 1.807) is 4.90 Å². The van der Waals surface area contributed by atoms with Crippen molar-refractivity contribution in [2.24, 2.45) is 0 Å². The first-order valence-corrected chi connectivity index (χ1v) is 7.67. The van der Waals surface area contributed by atoms with Crippen molar-refractivity contribution in [1.82, 2.24) is 0 Å². The first-order valence-electron chi connectivity index (χ1n) is 6.24. The lowest BCUT2D eigenvalue weighted by Gasteiger charge is -2.34. The average Bonchev–Trinajstić information content (AvgIpc) is 2.76. The third kappa shape index (κ3) is 2.52. The Morgan fingerprint density at radius 1 is 1.05 bits per heavy atom. The highest BCUT2D eigenvalue weighted by Gasteiger charge is 2.45. The Labute approximate surface area is 126 Å². The molecule has 104 valence electrons. The molecule has 3 rings (SSSR count). The van der Waals surface area contributed by atoms with E-state index in [9.17, 15) is 10.2 Å². The van der Waals surface area contributed by atoms with E-state index in [-0.39, 0.29) is 11.1 Å². The summed E-state index contributed by atoms with van der Waals surface area (Å²) in [5.41, 5.74) is 1.77. The lowest BCUT2D eigenvalue weighted by atomic mass is 10.1. The molecule has 20 heavy (non-hydrogen) atoms. The molecule has 3 nitrogen and oxygen atoms in total. The molecule has 1 fully saturated rings. The standard InChI is InChI=1S/C15H14ClNO2S/c16-12-8-6-11(7-9-12)14-17(15(18,19)10-20-14)13-4-2-1-3-5-13/h1-9,14,18-19H,10H2. The lowest BCUT2D eigenvalue weighted by Crippen LogP contribution is -2.46. The van der Waals surface area contributed by atoms with Gasteiger partial charge in [0.05, 0.1) is 5.75 Å². The van der Waals surface area contributed by atoms with Gasteiger partial charge >= 0.3 is 0 Å². The second kappa shape index (κ2) is 5.30. The van der Waals surface area contributed by atoms with Crippen molar-refractivity contribution in [2.75, 3.05) is 10.7 Å². The number of anilines is 1. The van der Waals surface area contributed by atoms with E-state index in [2.05, 4.69) is 0 Å². The minimum absolute atomic E-state index is 0.148. The number of halogens is 1. The maximum Gasteiger partial charge on any atom is 0.257 e. The zero-order chi connectivity index (χ0) is 14.2. The van der Waals surface area contributed by atoms with Crippen LogP contribution in [0.5, 0.6) is 0 Å². The van der Waals surface area contributed by atoms with Gasteiger partial charge in [0.1, 0.15) is 5.37 Å². The maximum atomic E-state index is 10.2. The van der Waals surface area contributed by atoms with E-state index in [1.807, 2.05) is 54.6 Å². The van der Waals surface area contributed by atoms with Gasteiger partial charge in [-0.3, -0.25) is 0 Å². The summed E-state index contributed by atoms with van der Waals surface area (Å²) in [5, 5.41) is 21.0. The molecule has 1 unspecified atom stereocenters. The van der Waals surface area contributed by atoms with E-state index in [0.717, 1.165) is 11.3 Å². The van der Waals surface area contributed by atoms with Crippen LogP contribution in [0.15, 0.2) is 54.6 Å². The van der Waals surface area contributed by atoms with Crippen molar-refractivity contribution in [2.45, 2.75) is 11.3 Å². The monoisotopic (exact) mass is 307 g/mol. The van der Waals surface area contributed by atoms with E-state index in [0.29, 0.717) is 5.02 Å². The fraction of sp³-hybridized carbons (Fsp3) is 0.200. The Morgan fingerprint density at radius 2 is 1.70 bits per heavy atom. The van der Waals surface area contributed by atoms with Crippen LogP contribution in [-0.2, 0) is 0 Å². The van der Waals surface area contributed by atoms with Gasteiger partial charge in [-0.2, -0.15) is 0 Å². The SMILES string of the molecule is OC1(O)CSC(c2ccc(Cl)cc2)N1c1ccccc1. The van der Waals surface area contributed by atoms with E-state index in [4.69, 9.17) is 11.6 Å². The quantitative estimate of drug-likeness (QED) is 0.836. The van der Waals surface area contributed by atoms with Crippen LogP contribution in [0.1, 0.15) is 10.9 Å². The van der Waals surface area contributed by atoms with Gasteiger partial charge in [0.25, 0.3) is 5.91 Å². The van der Waals surface area contributed by atoms with Gasteiger partial charge in [-0.1, -0.05) is 41.9 Å². The minimum Gasteiger partial charge on any atom is -0.348 e. The molecule has 0 radical (unpaired) electrons. The molecule has 0 aromatic heterocycles. The molecule has 0 amide bonds. The number of benzene rings is 2. The maximum absolute atomic E-state index is 10.2. The molecule has 0 spiro atoms. The van der Waals surface area contributed by atoms with Crippen LogP contribution < -0.4 is 4.90 Å². The Balaban J connectivity index is 2.00. The predicted molar refractivity (Wildman–Crippen MR) is 82.7 cm³/mol. The molecular weight excluding hydrogens is 294 g/mol. The molecule has 1 saturated heterocycles. The number of nitrogens with zero attached hydrogens (tertiary/aromatic N) is 1. The Bertz CT molecular complexity index is 589. The third-order valence-corrected chi connectivity index (χ3v) is 4.85. The molecule has 0 bridgehead atoms. The van der Waals surface area contributed by atoms with Crippen molar-refractivity contribution >= 4 is 29.1 Å². The molecule has 1 atom stereocenters. The molecule has 1 heterocycles. The number of para-hydroxylation sites is 1. The summed E-state index contributed by atoms with van der Waals surface area (Å²) in [7, 11) is 0. The zero-order valence-electron chi connectivity index (χ0n) is 10.6. The number of rotatable bonds is 2. The number of aliphatic hydroxyl groups is 2. The molecule has 5 heteroatoms. The molecule has 1 aliphatic rings. The normalized spacial score (nSPS) is 21.1. The average molecular weight is 308 g/mol. The van der Waals surface area contributed by atoms with E-state index < -0.39 is 5.91 Å². The number of hydrogen-bond acceptors (Lipinski definition) is 4. The number of hydrogen-bond donors (Lipinski definition) is 2. The van der Waals surface area contributed by atoms with Crippen LogP contribution >= 0.6 is 23.4 Å². The Kier molecular flexibility index (Phi) is 3.65. The van der Waals surface area contributed by atoms with Gasteiger partial charge < -0.3 is 15.1 Å². The van der Waals surface area contributed by atoms with Crippen molar-refractivity contribution in [3.05, 3.63) is 65.2 Å². The van der Waals surface area contributed by atoms with Crippen LogP contribution in [0.3, 0.4) is 0 Å². The van der Waals surface area contributed by atoms with Crippen LogP contribution in [0.2, 0.25) is 5.02 Å². The fourth-order valence-corrected chi connectivity index (χ4v) is 3.76. The summed E-state index contributed by atoms with van der Waals surface area (Å²) in [6.45, 7) is 0. The molecule has 2 N–H and O–H groups in total. The predicted octanol–water partition coefficient (Wildman–Crippen LogP) is 3.23. The molecular formula is C15H14ClNO2S. The van der Waals surface area contributed by atoms with Gasteiger partial charge in [-0.25, -0.2) is 0 Å². The Morgan fingerprint density at radius 3 is 2.35 bits per heavy atom. The molecule has 0 aliphatic carbocycles. The van der Waals surface area contributed by atoms with Crippen LogP contribution in [0, 0.1) is 0 Å². The first kappa shape index (κ1) is 13.8. The van der Waals surface area contributed by atoms with Crippen molar-refractivity contribution < 1.29 is 10.2 Å². The van der Waals surface area contributed by atoms with E-state index >= 15 is 0 Å².